The number of nitrogens with one attached hydrogen (secondary N) is 1. The molecule has 0 fully saturated rings. The smallest absolute Gasteiger partial charge is 0.243 e. The number of aliphatic hydroxyl groups is 1. The second-order valence-corrected chi connectivity index (χ2v) is 9.12. The van der Waals surface area contributed by atoms with Crippen LogP contribution in [0, 0.1) is 6.92 Å². The molecule has 1 amide bonds. The summed E-state index contributed by atoms with van der Waals surface area (Å²) in [5, 5.41) is 10.8. The lowest BCUT2D eigenvalue weighted by atomic mass is 10.1. The normalized spacial score (nSPS) is 13.8. The van der Waals surface area contributed by atoms with Crippen molar-refractivity contribution in [2.45, 2.75) is 37.4 Å². The minimum atomic E-state index is -3.98. The van der Waals surface area contributed by atoms with Crippen LogP contribution in [0.25, 0.3) is 0 Å². The van der Waals surface area contributed by atoms with Crippen LogP contribution in [0.4, 0.5) is 0 Å². The number of nitrogens with zero attached hydrogens (tertiary/aromatic N) is 1. The Morgan fingerprint density at radius 2 is 1.75 bits per heavy atom. The number of amides is 1. The molecule has 28 heavy (non-hydrogen) atoms. The molecule has 0 saturated heterocycles. The van der Waals surface area contributed by atoms with Gasteiger partial charge in [-0.05, 0) is 43.7 Å². The maximum absolute atomic E-state index is 12.8. The van der Waals surface area contributed by atoms with Crippen LogP contribution >= 0.6 is 23.2 Å². The number of rotatable bonds is 7. The van der Waals surface area contributed by atoms with E-state index in [0.29, 0.717) is 10.0 Å². The molecule has 0 aromatic heterocycles. The molecule has 2 rings (SSSR count). The second-order valence-electron chi connectivity index (χ2n) is 6.60. The van der Waals surface area contributed by atoms with Gasteiger partial charge < -0.3 is 10.0 Å². The van der Waals surface area contributed by atoms with Crippen LogP contribution in [-0.2, 0) is 21.4 Å². The third kappa shape index (κ3) is 5.68. The highest BCUT2D eigenvalue weighted by Crippen LogP contribution is 2.23. The van der Waals surface area contributed by atoms with E-state index in [1.807, 2.05) is 6.92 Å². The summed E-state index contributed by atoms with van der Waals surface area (Å²) in [5.74, 6) is -0.572. The molecule has 6 nitrogen and oxygen atoms in total. The van der Waals surface area contributed by atoms with Gasteiger partial charge in [0, 0.05) is 13.6 Å². The number of carbonyl (C=O) groups is 1. The van der Waals surface area contributed by atoms with Crippen molar-refractivity contribution in [1.82, 2.24) is 9.62 Å². The van der Waals surface area contributed by atoms with Crippen molar-refractivity contribution in [1.29, 1.82) is 0 Å². The number of hydrogen-bond donors (Lipinski definition) is 2. The average molecular weight is 445 g/mol. The summed E-state index contributed by atoms with van der Waals surface area (Å²) in [5.41, 5.74) is 1.62. The molecule has 2 N–H and O–H groups in total. The summed E-state index contributed by atoms with van der Waals surface area (Å²) in [4.78, 5) is 14.1. The van der Waals surface area contributed by atoms with Gasteiger partial charge in [-0.15, -0.1) is 0 Å². The van der Waals surface area contributed by atoms with Crippen LogP contribution in [-0.4, -0.2) is 43.5 Å². The predicted octanol–water partition coefficient (Wildman–Crippen LogP) is 2.99. The highest BCUT2D eigenvalue weighted by molar-refractivity contribution is 7.89. The first-order valence-electron chi connectivity index (χ1n) is 8.47. The molecule has 152 valence electrons. The first-order chi connectivity index (χ1) is 13.0. The van der Waals surface area contributed by atoms with E-state index in [1.165, 1.54) is 31.0 Å². The number of likely N-dealkylation sites (N-methyl/N-ethyl adjacent to an activating group) is 1. The van der Waals surface area contributed by atoms with E-state index in [9.17, 15) is 18.3 Å². The monoisotopic (exact) mass is 444 g/mol. The van der Waals surface area contributed by atoms with E-state index < -0.39 is 28.1 Å². The van der Waals surface area contributed by atoms with E-state index in [2.05, 4.69) is 4.72 Å². The fourth-order valence-corrected chi connectivity index (χ4v) is 4.12. The molecule has 0 bridgehead atoms. The summed E-state index contributed by atoms with van der Waals surface area (Å²) in [6.07, 6.45) is -1.23. The second kappa shape index (κ2) is 9.24. The van der Waals surface area contributed by atoms with Crippen LogP contribution in [0.1, 0.15) is 18.1 Å². The first-order valence-corrected chi connectivity index (χ1v) is 10.7. The molecule has 0 aliphatic heterocycles. The molecule has 0 spiro atoms. The van der Waals surface area contributed by atoms with Crippen LogP contribution in [0.15, 0.2) is 47.4 Å². The van der Waals surface area contributed by atoms with Crippen molar-refractivity contribution in [2.75, 3.05) is 7.05 Å². The number of halogens is 2. The Kier molecular flexibility index (Phi) is 7.47. The zero-order valence-electron chi connectivity index (χ0n) is 15.7. The molecule has 0 aliphatic rings. The minimum Gasteiger partial charge on any atom is -0.391 e. The highest BCUT2D eigenvalue weighted by Gasteiger charge is 2.31. The van der Waals surface area contributed by atoms with Crippen LogP contribution in [0.2, 0.25) is 10.0 Å². The number of carbonyl (C=O) groups excluding carboxylic acids is 1. The Labute approximate surface area is 175 Å². The Morgan fingerprint density at radius 3 is 2.29 bits per heavy atom. The van der Waals surface area contributed by atoms with E-state index in [4.69, 9.17) is 23.2 Å². The maximum Gasteiger partial charge on any atom is 0.243 e. The van der Waals surface area contributed by atoms with Gasteiger partial charge in [0.1, 0.15) is 6.04 Å². The fourth-order valence-electron chi connectivity index (χ4n) is 2.54. The molecule has 9 heteroatoms. The highest BCUT2D eigenvalue weighted by atomic mass is 35.5. The van der Waals surface area contributed by atoms with Crippen molar-refractivity contribution >= 4 is 39.1 Å². The van der Waals surface area contributed by atoms with Gasteiger partial charge in [-0.3, -0.25) is 4.79 Å². The number of benzene rings is 2. The van der Waals surface area contributed by atoms with Gasteiger partial charge in [0.15, 0.2) is 0 Å². The predicted molar refractivity (Wildman–Crippen MR) is 110 cm³/mol. The Balaban J connectivity index is 2.18. The molecule has 0 radical (unpaired) electrons. The fraction of sp³-hybridized carbons (Fsp3) is 0.316. The molecule has 0 saturated carbocycles. The summed E-state index contributed by atoms with van der Waals surface area (Å²) in [6, 6.07) is 9.83. The number of aliphatic hydroxyl groups excluding tert-OH is 1. The van der Waals surface area contributed by atoms with Crippen molar-refractivity contribution in [3.63, 3.8) is 0 Å². The van der Waals surface area contributed by atoms with Crippen LogP contribution in [0.5, 0.6) is 0 Å². The summed E-state index contributed by atoms with van der Waals surface area (Å²) >= 11 is 11.9. The minimum absolute atomic E-state index is 0.0173. The van der Waals surface area contributed by atoms with Crippen LogP contribution in [0.3, 0.4) is 0 Å². The number of sulfonamides is 1. The zero-order chi connectivity index (χ0) is 21.1. The zero-order valence-corrected chi connectivity index (χ0v) is 18.0. The SMILES string of the molecule is Cc1ccc(S(=O)(=O)NC(C(=O)N(C)Cc2ccc(Cl)c(Cl)c2)C(C)O)cc1. The third-order valence-electron chi connectivity index (χ3n) is 4.14. The molecule has 2 aromatic rings. The van der Waals surface area contributed by atoms with Gasteiger partial charge in [0.2, 0.25) is 15.9 Å². The molecule has 0 heterocycles. The van der Waals surface area contributed by atoms with E-state index >= 15 is 0 Å². The largest absolute Gasteiger partial charge is 0.391 e. The molecule has 2 atom stereocenters. The lowest BCUT2D eigenvalue weighted by Crippen LogP contribution is -2.52. The van der Waals surface area contributed by atoms with Gasteiger partial charge in [0.05, 0.1) is 21.0 Å². The summed E-state index contributed by atoms with van der Waals surface area (Å²) in [7, 11) is -2.47. The molecular formula is C19H22Cl2N2O4S. The van der Waals surface area contributed by atoms with Gasteiger partial charge >= 0.3 is 0 Å². The van der Waals surface area contributed by atoms with Gasteiger partial charge in [-0.1, -0.05) is 47.0 Å². The Bertz CT molecular complexity index is 947. The lowest BCUT2D eigenvalue weighted by Gasteiger charge is -2.26. The van der Waals surface area contributed by atoms with Crippen molar-refractivity contribution in [3.05, 3.63) is 63.6 Å². The molecular weight excluding hydrogens is 423 g/mol. The van der Waals surface area contributed by atoms with Gasteiger partial charge in [0.25, 0.3) is 0 Å². The molecule has 2 aromatic carbocycles. The Morgan fingerprint density at radius 1 is 1.14 bits per heavy atom. The van der Waals surface area contributed by atoms with Gasteiger partial charge in [-0.25, -0.2) is 8.42 Å². The van der Waals surface area contributed by atoms with E-state index in [1.54, 1.807) is 30.3 Å². The lowest BCUT2D eigenvalue weighted by molar-refractivity contribution is -0.134. The van der Waals surface area contributed by atoms with E-state index in [-0.39, 0.29) is 11.4 Å². The van der Waals surface area contributed by atoms with Crippen molar-refractivity contribution in [3.8, 4) is 0 Å². The van der Waals surface area contributed by atoms with Gasteiger partial charge in [-0.2, -0.15) is 4.72 Å². The topological polar surface area (TPSA) is 86.7 Å². The standard InChI is InChI=1S/C19H22Cl2N2O4S/c1-12-4-7-15(8-5-12)28(26,27)22-18(13(2)24)19(25)23(3)11-14-6-9-16(20)17(21)10-14/h4-10,13,18,22,24H,11H2,1-3H3. The van der Waals surface area contributed by atoms with Crippen molar-refractivity contribution < 1.29 is 18.3 Å². The van der Waals surface area contributed by atoms with Crippen molar-refractivity contribution in [2.24, 2.45) is 0 Å². The quantitative estimate of drug-likeness (QED) is 0.686. The average Bonchev–Trinajstić information content (AvgIpc) is 2.62. The van der Waals surface area contributed by atoms with Crippen LogP contribution < -0.4 is 4.72 Å². The van der Waals surface area contributed by atoms with E-state index in [0.717, 1.165) is 11.1 Å². The first kappa shape index (κ1) is 22.6. The Hall–Kier alpha value is -1.64. The number of hydrogen-bond acceptors (Lipinski definition) is 4. The number of aryl methyl sites for hydroxylation is 1. The third-order valence-corrected chi connectivity index (χ3v) is 6.34. The molecule has 2 unspecified atom stereocenters. The summed E-state index contributed by atoms with van der Waals surface area (Å²) in [6.45, 7) is 3.36. The molecule has 0 aliphatic carbocycles. The summed E-state index contributed by atoms with van der Waals surface area (Å²) < 4.78 is 27.5. The maximum atomic E-state index is 12.8.